The maximum atomic E-state index is 9.21. The number of rotatable bonds is 5. The molecule has 0 aliphatic heterocycles. The van der Waals surface area contributed by atoms with Crippen LogP contribution in [-0.2, 0) is 0 Å². The van der Waals surface area contributed by atoms with Gasteiger partial charge in [0.15, 0.2) is 0 Å². The molecule has 0 atom stereocenters. The van der Waals surface area contributed by atoms with Crippen molar-refractivity contribution in [2.45, 2.75) is 0 Å². The fourth-order valence-electron chi connectivity index (χ4n) is 1.56. The minimum Gasteiger partial charge on any atom is -0.508 e. The van der Waals surface area contributed by atoms with Crippen molar-refractivity contribution in [2.24, 2.45) is 0 Å². The van der Waals surface area contributed by atoms with Crippen molar-refractivity contribution in [2.75, 3.05) is 13.2 Å². The first-order chi connectivity index (χ1) is 9.69. The van der Waals surface area contributed by atoms with Crippen molar-refractivity contribution in [1.82, 2.24) is 4.98 Å². The Hall–Kier alpha value is -1.85. The molecular formula is C15H14BrNO3. The standard InChI is InChI=1S/C15H14BrNO3/c16-14-9-12(10-17-15(14)20-8-7-18)2-1-11-3-5-13(19)6-4-11/h1-6,9-10,18-19H,7-8H2/b2-1-. The topological polar surface area (TPSA) is 62.6 Å². The molecule has 1 aromatic carbocycles. The van der Waals surface area contributed by atoms with Gasteiger partial charge in [0, 0.05) is 6.20 Å². The van der Waals surface area contributed by atoms with Gasteiger partial charge in [-0.3, -0.25) is 0 Å². The Kier molecular flexibility index (Phi) is 5.15. The van der Waals surface area contributed by atoms with Crippen LogP contribution in [0.25, 0.3) is 12.2 Å². The molecule has 0 unspecified atom stereocenters. The average molecular weight is 336 g/mol. The second-order valence-electron chi connectivity index (χ2n) is 4.05. The van der Waals surface area contributed by atoms with Crippen molar-refractivity contribution in [3.63, 3.8) is 0 Å². The van der Waals surface area contributed by atoms with Crippen molar-refractivity contribution in [3.05, 3.63) is 52.1 Å². The van der Waals surface area contributed by atoms with E-state index in [4.69, 9.17) is 9.84 Å². The first kappa shape index (κ1) is 14.6. The largest absolute Gasteiger partial charge is 0.508 e. The number of hydrogen-bond donors (Lipinski definition) is 2. The highest BCUT2D eigenvalue weighted by Gasteiger charge is 2.02. The maximum absolute atomic E-state index is 9.21. The third kappa shape index (κ3) is 4.08. The van der Waals surface area contributed by atoms with Crippen LogP contribution in [0, 0.1) is 0 Å². The lowest BCUT2D eigenvalue weighted by Crippen LogP contribution is -2.03. The monoisotopic (exact) mass is 335 g/mol. The van der Waals surface area contributed by atoms with E-state index in [1.165, 1.54) is 0 Å². The quantitative estimate of drug-likeness (QED) is 0.881. The molecule has 0 aliphatic rings. The van der Waals surface area contributed by atoms with Crippen LogP contribution in [0.15, 0.2) is 41.0 Å². The van der Waals surface area contributed by atoms with Gasteiger partial charge in [-0.05, 0) is 45.3 Å². The maximum Gasteiger partial charge on any atom is 0.228 e. The van der Waals surface area contributed by atoms with E-state index in [1.807, 2.05) is 30.4 Å². The summed E-state index contributed by atoms with van der Waals surface area (Å²) < 4.78 is 5.99. The number of benzene rings is 1. The molecule has 4 nitrogen and oxygen atoms in total. The summed E-state index contributed by atoms with van der Waals surface area (Å²) in [5, 5.41) is 17.9. The number of aromatic nitrogens is 1. The molecule has 0 saturated carbocycles. The first-order valence-electron chi connectivity index (χ1n) is 6.05. The van der Waals surface area contributed by atoms with E-state index in [0.29, 0.717) is 5.88 Å². The van der Waals surface area contributed by atoms with Crippen LogP contribution in [0.1, 0.15) is 11.1 Å². The summed E-state index contributed by atoms with van der Waals surface area (Å²) in [5.74, 6) is 0.706. The van der Waals surface area contributed by atoms with Crippen molar-refractivity contribution < 1.29 is 14.9 Å². The molecule has 0 radical (unpaired) electrons. The van der Waals surface area contributed by atoms with Gasteiger partial charge in [-0.25, -0.2) is 4.98 Å². The normalized spacial score (nSPS) is 10.9. The lowest BCUT2D eigenvalue weighted by Gasteiger charge is -2.05. The number of hydrogen-bond acceptors (Lipinski definition) is 4. The summed E-state index contributed by atoms with van der Waals surface area (Å²) in [6, 6.07) is 8.82. The number of aliphatic hydroxyl groups is 1. The number of phenolic OH excluding ortho intramolecular Hbond substituents is 1. The summed E-state index contributed by atoms with van der Waals surface area (Å²) in [4.78, 5) is 4.17. The molecule has 0 saturated heterocycles. The zero-order chi connectivity index (χ0) is 14.4. The molecule has 2 rings (SSSR count). The molecule has 0 aliphatic carbocycles. The van der Waals surface area contributed by atoms with Gasteiger partial charge in [-0.15, -0.1) is 0 Å². The summed E-state index contributed by atoms with van der Waals surface area (Å²) in [5.41, 5.74) is 1.90. The highest BCUT2D eigenvalue weighted by Crippen LogP contribution is 2.24. The van der Waals surface area contributed by atoms with Crippen molar-refractivity contribution in [1.29, 1.82) is 0 Å². The molecule has 104 valence electrons. The minimum absolute atomic E-state index is 0.0450. The van der Waals surface area contributed by atoms with Crippen LogP contribution in [0.3, 0.4) is 0 Å². The summed E-state index contributed by atoms with van der Waals surface area (Å²) in [6.45, 7) is 0.172. The van der Waals surface area contributed by atoms with E-state index in [2.05, 4.69) is 20.9 Å². The second-order valence-corrected chi connectivity index (χ2v) is 4.91. The number of nitrogens with zero attached hydrogens (tertiary/aromatic N) is 1. The van der Waals surface area contributed by atoms with E-state index in [1.54, 1.807) is 18.3 Å². The van der Waals surface area contributed by atoms with Crippen LogP contribution >= 0.6 is 15.9 Å². The van der Waals surface area contributed by atoms with E-state index in [9.17, 15) is 5.11 Å². The smallest absolute Gasteiger partial charge is 0.228 e. The molecule has 2 N–H and O–H groups in total. The van der Waals surface area contributed by atoms with Crippen LogP contribution in [0.4, 0.5) is 0 Å². The predicted octanol–water partition coefficient (Wildman–Crippen LogP) is 3.09. The first-order valence-corrected chi connectivity index (χ1v) is 6.84. The number of aromatic hydroxyl groups is 1. The van der Waals surface area contributed by atoms with Crippen LogP contribution in [-0.4, -0.2) is 28.4 Å². The fourth-order valence-corrected chi connectivity index (χ4v) is 2.04. The molecule has 0 fully saturated rings. The van der Waals surface area contributed by atoms with Gasteiger partial charge in [-0.1, -0.05) is 24.3 Å². The van der Waals surface area contributed by atoms with Gasteiger partial charge >= 0.3 is 0 Å². The molecule has 0 amide bonds. The Bertz CT molecular complexity index is 597. The zero-order valence-electron chi connectivity index (χ0n) is 10.7. The Morgan fingerprint density at radius 1 is 1.15 bits per heavy atom. The lowest BCUT2D eigenvalue weighted by atomic mass is 10.1. The Morgan fingerprint density at radius 3 is 2.50 bits per heavy atom. The third-order valence-corrected chi connectivity index (χ3v) is 3.09. The van der Waals surface area contributed by atoms with Crippen molar-refractivity contribution in [3.8, 4) is 11.6 Å². The van der Waals surface area contributed by atoms with E-state index < -0.39 is 0 Å². The molecule has 0 bridgehead atoms. The summed E-state index contributed by atoms with van der Waals surface area (Å²) in [6.07, 6.45) is 5.53. The number of aliphatic hydroxyl groups excluding tert-OH is 1. The third-order valence-electron chi connectivity index (χ3n) is 2.52. The van der Waals surface area contributed by atoms with E-state index >= 15 is 0 Å². The van der Waals surface area contributed by atoms with Crippen LogP contribution in [0.5, 0.6) is 11.6 Å². The fraction of sp³-hybridized carbons (Fsp3) is 0.133. The highest BCUT2D eigenvalue weighted by molar-refractivity contribution is 9.10. The molecular weight excluding hydrogens is 322 g/mol. The molecule has 20 heavy (non-hydrogen) atoms. The van der Waals surface area contributed by atoms with Crippen LogP contribution < -0.4 is 4.74 Å². The Labute approximate surface area is 125 Å². The molecule has 5 heteroatoms. The molecule has 0 spiro atoms. The molecule has 1 heterocycles. The second kappa shape index (κ2) is 7.07. The van der Waals surface area contributed by atoms with Gasteiger partial charge < -0.3 is 14.9 Å². The predicted molar refractivity (Wildman–Crippen MR) is 81.6 cm³/mol. The lowest BCUT2D eigenvalue weighted by molar-refractivity contribution is 0.196. The SMILES string of the molecule is OCCOc1ncc(/C=C\c2ccc(O)cc2)cc1Br. The number of halogens is 1. The van der Waals surface area contributed by atoms with Gasteiger partial charge in [-0.2, -0.15) is 0 Å². The van der Waals surface area contributed by atoms with Crippen molar-refractivity contribution >= 4 is 28.1 Å². The van der Waals surface area contributed by atoms with Gasteiger partial charge in [0.05, 0.1) is 11.1 Å². The zero-order valence-corrected chi connectivity index (χ0v) is 12.2. The number of pyridine rings is 1. The Morgan fingerprint density at radius 2 is 1.85 bits per heavy atom. The average Bonchev–Trinajstić information content (AvgIpc) is 2.46. The molecule has 2 aromatic rings. The van der Waals surface area contributed by atoms with Gasteiger partial charge in [0.1, 0.15) is 12.4 Å². The minimum atomic E-state index is -0.0450. The van der Waals surface area contributed by atoms with Gasteiger partial charge in [0.25, 0.3) is 0 Å². The summed E-state index contributed by atoms with van der Waals surface area (Å²) >= 11 is 3.38. The highest BCUT2D eigenvalue weighted by atomic mass is 79.9. The number of ether oxygens (including phenoxy) is 1. The Balaban J connectivity index is 2.09. The molecule has 1 aromatic heterocycles. The van der Waals surface area contributed by atoms with E-state index in [-0.39, 0.29) is 19.0 Å². The van der Waals surface area contributed by atoms with Crippen LogP contribution in [0.2, 0.25) is 0 Å². The number of phenols is 1. The van der Waals surface area contributed by atoms with Gasteiger partial charge in [0.2, 0.25) is 5.88 Å². The van der Waals surface area contributed by atoms with E-state index in [0.717, 1.165) is 15.6 Å². The summed E-state index contributed by atoms with van der Waals surface area (Å²) in [7, 11) is 0.